The SMILES string of the molecule is Nc1nc(=S)cn[nH]1. The number of hydrogen-bond acceptors (Lipinski definition) is 4. The Labute approximate surface area is 50.8 Å². The smallest absolute Gasteiger partial charge is 0.215 e. The van der Waals surface area contributed by atoms with E-state index < -0.39 is 0 Å². The van der Waals surface area contributed by atoms with Crippen LogP contribution in [0, 0.1) is 4.64 Å². The van der Waals surface area contributed by atoms with Crippen molar-refractivity contribution in [3.63, 3.8) is 0 Å². The van der Waals surface area contributed by atoms with Gasteiger partial charge in [-0.1, -0.05) is 12.2 Å². The summed E-state index contributed by atoms with van der Waals surface area (Å²) >= 11 is 4.63. The molecular formula is C3H4N4S. The second kappa shape index (κ2) is 1.87. The topological polar surface area (TPSA) is 67.6 Å². The highest BCUT2D eigenvalue weighted by molar-refractivity contribution is 7.71. The summed E-state index contributed by atoms with van der Waals surface area (Å²) in [6, 6.07) is 0. The van der Waals surface area contributed by atoms with E-state index in [0.717, 1.165) is 0 Å². The van der Waals surface area contributed by atoms with E-state index in [4.69, 9.17) is 5.73 Å². The minimum absolute atomic E-state index is 0.248. The van der Waals surface area contributed by atoms with Crippen LogP contribution in [-0.4, -0.2) is 15.2 Å². The van der Waals surface area contributed by atoms with Gasteiger partial charge in [0.25, 0.3) is 0 Å². The van der Waals surface area contributed by atoms with E-state index in [1.54, 1.807) is 0 Å². The largest absolute Gasteiger partial charge is 0.368 e. The molecule has 8 heavy (non-hydrogen) atoms. The van der Waals surface area contributed by atoms with Gasteiger partial charge in [0.1, 0.15) is 4.64 Å². The second-order valence-corrected chi connectivity index (χ2v) is 1.62. The van der Waals surface area contributed by atoms with Crippen molar-refractivity contribution in [2.45, 2.75) is 0 Å². The van der Waals surface area contributed by atoms with Gasteiger partial charge in [-0.2, -0.15) is 5.10 Å². The normalized spacial score (nSPS) is 9.00. The van der Waals surface area contributed by atoms with E-state index in [1.165, 1.54) is 6.20 Å². The van der Waals surface area contributed by atoms with Crippen LogP contribution in [-0.2, 0) is 0 Å². The van der Waals surface area contributed by atoms with Crippen LogP contribution in [0.1, 0.15) is 0 Å². The minimum Gasteiger partial charge on any atom is -0.368 e. The van der Waals surface area contributed by atoms with Gasteiger partial charge in [-0.15, -0.1) is 0 Å². The van der Waals surface area contributed by atoms with Gasteiger partial charge in [0.15, 0.2) is 0 Å². The monoisotopic (exact) mass is 128 g/mol. The third-order valence-corrected chi connectivity index (χ3v) is 0.781. The van der Waals surface area contributed by atoms with Crippen LogP contribution in [0.15, 0.2) is 6.20 Å². The van der Waals surface area contributed by atoms with Crippen LogP contribution < -0.4 is 5.73 Å². The number of nitrogens with zero attached hydrogens (tertiary/aromatic N) is 2. The number of aromatic amines is 1. The molecule has 0 aliphatic rings. The summed E-state index contributed by atoms with van der Waals surface area (Å²) in [5.41, 5.74) is 5.16. The van der Waals surface area contributed by atoms with Gasteiger partial charge in [0.05, 0.1) is 6.20 Å². The van der Waals surface area contributed by atoms with Crippen LogP contribution in [0.2, 0.25) is 0 Å². The van der Waals surface area contributed by atoms with E-state index in [-0.39, 0.29) is 5.95 Å². The lowest BCUT2D eigenvalue weighted by Gasteiger charge is -1.85. The molecule has 0 aliphatic heterocycles. The predicted molar refractivity (Wildman–Crippen MR) is 31.6 cm³/mol. The van der Waals surface area contributed by atoms with Gasteiger partial charge >= 0.3 is 0 Å². The van der Waals surface area contributed by atoms with Crippen LogP contribution in [0.25, 0.3) is 0 Å². The standard InChI is InChI=1S/C3H4N4S/c4-3-6-2(8)1-5-7-3/h1H,(H3,4,6,7,8). The first-order valence-electron chi connectivity index (χ1n) is 1.96. The Balaban J connectivity index is 3.28. The van der Waals surface area contributed by atoms with E-state index in [9.17, 15) is 0 Å². The number of hydrogen-bond donors (Lipinski definition) is 2. The quantitative estimate of drug-likeness (QED) is 0.487. The minimum atomic E-state index is 0.248. The summed E-state index contributed by atoms with van der Waals surface area (Å²) in [4.78, 5) is 3.65. The average Bonchev–Trinajstić information content (AvgIpc) is 1.64. The van der Waals surface area contributed by atoms with Crippen molar-refractivity contribution < 1.29 is 0 Å². The van der Waals surface area contributed by atoms with Gasteiger partial charge < -0.3 is 5.73 Å². The molecule has 1 heterocycles. The molecule has 42 valence electrons. The fourth-order valence-corrected chi connectivity index (χ4v) is 0.477. The Kier molecular flexibility index (Phi) is 1.21. The molecule has 0 spiro atoms. The average molecular weight is 128 g/mol. The van der Waals surface area contributed by atoms with Crippen molar-refractivity contribution in [2.75, 3.05) is 5.73 Å². The third kappa shape index (κ3) is 1.00. The molecule has 0 saturated carbocycles. The molecule has 0 aliphatic carbocycles. The van der Waals surface area contributed by atoms with Crippen molar-refractivity contribution in [3.8, 4) is 0 Å². The summed E-state index contributed by atoms with van der Waals surface area (Å²) in [6.45, 7) is 0. The maximum absolute atomic E-state index is 5.16. The molecule has 0 saturated heterocycles. The van der Waals surface area contributed by atoms with E-state index in [0.29, 0.717) is 4.64 Å². The number of H-pyrrole nitrogens is 1. The second-order valence-electron chi connectivity index (χ2n) is 1.21. The fraction of sp³-hybridized carbons (Fsp3) is 0. The van der Waals surface area contributed by atoms with Crippen molar-refractivity contribution in [1.82, 2.24) is 15.2 Å². The van der Waals surface area contributed by atoms with E-state index in [1.807, 2.05) is 0 Å². The zero-order valence-corrected chi connectivity index (χ0v) is 4.77. The highest BCUT2D eigenvalue weighted by Crippen LogP contribution is 1.83. The number of nitrogens with two attached hydrogens (primary N) is 1. The fourth-order valence-electron chi connectivity index (χ4n) is 0.326. The molecule has 0 radical (unpaired) electrons. The highest BCUT2D eigenvalue weighted by atomic mass is 32.1. The van der Waals surface area contributed by atoms with Crippen molar-refractivity contribution in [3.05, 3.63) is 10.8 Å². The van der Waals surface area contributed by atoms with Gasteiger partial charge in [0.2, 0.25) is 5.95 Å². The molecule has 1 rings (SSSR count). The predicted octanol–water partition coefficient (Wildman–Crippen LogP) is 0.116. The maximum atomic E-state index is 5.16. The van der Waals surface area contributed by atoms with Crippen molar-refractivity contribution >= 4 is 18.2 Å². The van der Waals surface area contributed by atoms with E-state index >= 15 is 0 Å². The lowest BCUT2D eigenvalue weighted by Crippen LogP contribution is -1.95. The summed E-state index contributed by atoms with van der Waals surface area (Å²) < 4.78 is 0.404. The number of anilines is 1. The lowest BCUT2D eigenvalue weighted by molar-refractivity contribution is 0.977. The summed E-state index contributed by atoms with van der Waals surface area (Å²) in [5, 5.41) is 5.99. The molecule has 0 aromatic carbocycles. The third-order valence-electron chi connectivity index (χ3n) is 0.585. The number of nitrogens with one attached hydrogen (secondary N) is 1. The highest BCUT2D eigenvalue weighted by Gasteiger charge is 1.79. The Morgan fingerprint density at radius 3 is 2.88 bits per heavy atom. The Hall–Kier alpha value is -0.970. The van der Waals surface area contributed by atoms with Gasteiger partial charge in [-0.3, -0.25) is 0 Å². The van der Waals surface area contributed by atoms with E-state index in [2.05, 4.69) is 27.4 Å². The van der Waals surface area contributed by atoms with Crippen LogP contribution in [0.4, 0.5) is 5.95 Å². The molecule has 0 atom stereocenters. The van der Waals surface area contributed by atoms with Crippen molar-refractivity contribution in [2.24, 2.45) is 0 Å². The van der Waals surface area contributed by atoms with Gasteiger partial charge in [-0.05, 0) is 0 Å². The van der Waals surface area contributed by atoms with Gasteiger partial charge in [0, 0.05) is 0 Å². The molecule has 1 aromatic heterocycles. The maximum Gasteiger partial charge on any atom is 0.215 e. The molecule has 0 bridgehead atoms. The van der Waals surface area contributed by atoms with Crippen LogP contribution in [0.3, 0.4) is 0 Å². The summed E-state index contributed by atoms with van der Waals surface area (Å²) in [6.07, 6.45) is 1.42. The number of aromatic nitrogens is 3. The van der Waals surface area contributed by atoms with Crippen LogP contribution >= 0.6 is 12.2 Å². The molecule has 0 amide bonds. The zero-order valence-electron chi connectivity index (χ0n) is 3.96. The molecular weight excluding hydrogens is 124 g/mol. The molecule has 0 fully saturated rings. The zero-order chi connectivity index (χ0) is 5.98. The Morgan fingerprint density at radius 1 is 1.75 bits per heavy atom. The van der Waals surface area contributed by atoms with Crippen molar-refractivity contribution in [1.29, 1.82) is 0 Å². The van der Waals surface area contributed by atoms with Gasteiger partial charge in [-0.25, -0.2) is 10.1 Å². The Bertz CT molecular complexity index is 229. The lowest BCUT2D eigenvalue weighted by atomic mass is 10.9. The first kappa shape index (κ1) is 5.17. The first-order valence-corrected chi connectivity index (χ1v) is 2.37. The summed E-state index contributed by atoms with van der Waals surface area (Å²) in [7, 11) is 0. The molecule has 3 N–H and O–H groups in total. The van der Waals surface area contributed by atoms with Crippen LogP contribution in [0.5, 0.6) is 0 Å². The number of rotatable bonds is 0. The Morgan fingerprint density at radius 2 is 2.50 bits per heavy atom. The molecule has 0 unspecified atom stereocenters. The summed E-state index contributed by atoms with van der Waals surface area (Å²) in [5.74, 6) is 0.248. The number of nitrogen functional groups attached to an aromatic ring is 1. The first-order chi connectivity index (χ1) is 3.79. The molecule has 1 aromatic rings. The molecule has 4 nitrogen and oxygen atoms in total. The molecule has 5 heteroatoms.